The molecule has 1 unspecified atom stereocenters. The summed E-state index contributed by atoms with van der Waals surface area (Å²) in [6, 6.07) is 9.00. The first-order valence-corrected chi connectivity index (χ1v) is 7.38. The summed E-state index contributed by atoms with van der Waals surface area (Å²) in [5, 5.41) is 3.23. The third kappa shape index (κ3) is 2.66. The summed E-state index contributed by atoms with van der Waals surface area (Å²) in [5.74, 6) is 0.275. The van der Waals surface area contributed by atoms with Crippen LogP contribution >= 0.6 is 0 Å². The van der Waals surface area contributed by atoms with Crippen molar-refractivity contribution >= 4 is 5.91 Å². The largest absolute Gasteiger partial charge is 0.353 e. The zero-order chi connectivity index (χ0) is 13.2. The van der Waals surface area contributed by atoms with Gasteiger partial charge in [0.2, 0.25) is 5.91 Å². The fraction of sp³-hybridized carbons (Fsp3) is 0.562. The number of nitrogens with one attached hydrogen (secondary N) is 1. The van der Waals surface area contributed by atoms with Crippen molar-refractivity contribution in [3.8, 4) is 0 Å². The first-order chi connectivity index (χ1) is 9.24. The van der Waals surface area contributed by atoms with E-state index in [0.29, 0.717) is 12.1 Å². The molecule has 0 heterocycles. The van der Waals surface area contributed by atoms with Gasteiger partial charge in [0.05, 0.1) is 5.92 Å². The van der Waals surface area contributed by atoms with E-state index in [1.54, 1.807) is 0 Å². The molecule has 2 aliphatic carbocycles. The smallest absolute Gasteiger partial charge is 0.227 e. The number of benzene rings is 1. The lowest BCUT2D eigenvalue weighted by molar-refractivity contribution is -0.123. The van der Waals surface area contributed by atoms with Gasteiger partial charge < -0.3 is 11.1 Å². The van der Waals surface area contributed by atoms with Crippen LogP contribution in [0.5, 0.6) is 0 Å². The predicted octanol–water partition coefficient (Wildman–Crippen LogP) is 2.10. The van der Waals surface area contributed by atoms with E-state index < -0.39 is 0 Å². The highest BCUT2D eigenvalue weighted by Crippen LogP contribution is 2.33. The van der Waals surface area contributed by atoms with E-state index in [4.69, 9.17) is 5.73 Å². The van der Waals surface area contributed by atoms with Crippen LogP contribution in [0.1, 0.15) is 49.1 Å². The van der Waals surface area contributed by atoms with Crippen molar-refractivity contribution in [2.24, 2.45) is 5.73 Å². The van der Waals surface area contributed by atoms with Gasteiger partial charge in [-0.05, 0) is 49.7 Å². The van der Waals surface area contributed by atoms with Crippen molar-refractivity contribution < 1.29 is 4.79 Å². The van der Waals surface area contributed by atoms with Gasteiger partial charge in [0.1, 0.15) is 0 Å². The minimum absolute atomic E-state index is 0.0619. The molecular formula is C16H22N2O. The maximum atomic E-state index is 12.4. The number of carbonyl (C=O) groups is 1. The number of carbonyl (C=O) groups excluding carboxylic acids is 1. The summed E-state index contributed by atoms with van der Waals surface area (Å²) in [6.07, 6.45) is 6.11. The zero-order valence-electron chi connectivity index (χ0n) is 11.3. The Morgan fingerprint density at radius 2 is 1.84 bits per heavy atom. The van der Waals surface area contributed by atoms with Crippen LogP contribution in [0.4, 0.5) is 0 Å². The Bertz CT molecular complexity index is 464. The summed E-state index contributed by atoms with van der Waals surface area (Å²) in [7, 11) is 0. The van der Waals surface area contributed by atoms with Crippen LogP contribution in [0, 0.1) is 0 Å². The molecule has 0 radical (unpaired) electrons. The van der Waals surface area contributed by atoms with Gasteiger partial charge in [-0.15, -0.1) is 0 Å². The van der Waals surface area contributed by atoms with Crippen LogP contribution in [0.15, 0.2) is 24.3 Å². The Balaban J connectivity index is 1.63. The molecular weight excluding hydrogens is 236 g/mol. The maximum absolute atomic E-state index is 12.4. The Morgan fingerprint density at radius 3 is 2.63 bits per heavy atom. The molecule has 19 heavy (non-hydrogen) atoms. The fourth-order valence-electron chi connectivity index (χ4n) is 3.39. The lowest BCUT2D eigenvalue weighted by atomic mass is 9.91. The van der Waals surface area contributed by atoms with Crippen LogP contribution in [0.25, 0.3) is 0 Å². The minimum Gasteiger partial charge on any atom is -0.353 e. The molecule has 3 nitrogen and oxygen atoms in total. The van der Waals surface area contributed by atoms with Gasteiger partial charge in [-0.1, -0.05) is 24.3 Å². The Hall–Kier alpha value is -1.35. The van der Waals surface area contributed by atoms with Crippen molar-refractivity contribution in [3.05, 3.63) is 35.4 Å². The fourth-order valence-corrected chi connectivity index (χ4v) is 3.39. The van der Waals surface area contributed by atoms with E-state index >= 15 is 0 Å². The van der Waals surface area contributed by atoms with Gasteiger partial charge in [-0.2, -0.15) is 0 Å². The van der Waals surface area contributed by atoms with E-state index in [-0.39, 0.29) is 11.8 Å². The minimum atomic E-state index is 0.0619. The van der Waals surface area contributed by atoms with Crippen molar-refractivity contribution in [1.82, 2.24) is 5.32 Å². The van der Waals surface area contributed by atoms with Crippen molar-refractivity contribution in [2.75, 3.05) is 0 Å². The number of hydrogen-bond acceptors (Lipinski definition) is 2. The molecule has 1 aromatic carbocycles. The lowest BCUT2D eigenvalue weighted by Crippen LogP contribution is -2.42. The first-order valence-electron chi connectivity index (χ1n) is 7.38. The molecule has 0 bridgehead atoms. The molecule has 1 aromatic rings. The molecule has 3 heteroatoms. The number of amides is 1. The number of hydrogen-bond donors (Lipinski definition) is 2. The first kappa shape index (κ1) is 12.7. The zero-order valence-corrected chi connectivity index (χ0v) is 11.3. The molecule has 1 atom stereocenters. The third-order valence-electron chi connectivity index (χ3n) is 4.57. The van der Waals surface area contributed by atoms with Gasteiger partial charge >= 0.3 is 0 Å². The third-order valence-corrected chi connectivity index (χ3v) is 4.57. The maximum Gasteiger partial charge on any atom is 0.227 e. The van der Waals surface area contributed by atoms with E-state index in [0.717, 1.165) is 38.5 Å². The SMILES string of the molecule is NC1CCC(NC(=O)C2CCc3ccccc32)CC1. The lowest BCUT2D eigenvalue weighted by Gasteiger charge is -2.28. The molecule has 0 aliphatic heterocycles. The number of aryl methyl sites for hydroxylation is 1. The second-order valence-electron chi connectivity index (χ2n) is 5.91. The summed E-state index contributed by atoms with van der Waals surface area (Å²) >= 11 is 0. The van der Waals surface area contributed by atoms with Crippen LogP contribution in [-0.4, -0.2) is 18.0 Å². The van der Waals surface area contributed by atoms with E-state index in [2.05, 4.69) is 23.5 Å². The summed E-state index contributed by atoms with van der Waals surface area (Å²) < 4.78 is 0. The normalized spacial score (nSPS) is 29.8. The summed E-state index contributed by atoms with van der Waals surface area (Å²) in [5.41, 5.74) is 8.47. The molecule has 2 aliphatic rings. The molecule has 0 spiro atoms. The second kappa shape index (κ2) is 5.33. The van der Waals surface area contributed by atoms with Crippen LogP contribution in [-0.2, 0) is 11.2 Å². The topological polar surface area (TPSA) is 55.1 Å². The molecule has 3 N–H and O–H groups in total. The predicted molar refractivity (Wildman–Crippen MR) is 75.9 cm³/mol. The highest BCUT2D eigenvalue weighted by molar-refractivity contribution is 5.85. The van der Waals surface area contributed by atoms with E-state index in [9.17, 15) is 4.79 Å². The molecule has 102 valence electrons. The van der Waals surface area contributed by atoms with Gasteiger partial charge in [0.25, 0.3) is 0 Å². The van der Waals surface area contributed by atoms with Gasteiger partial charge in [0, 0.05) is 12.1 Å². The number of nitrogens with two attached hydrogens (primary N) is 1. The number of rotatable bonds is 2. The van der Waals surface area contributed by atoms with Gasteiger partial charge in [0.15, 0.2) is 0 Å². The Kier molecular flexibility index (Phi) is 3.56. The molecule has 0 aromatic heterocycles. The highest BCUT2D eigenvalue weighted by atomic mass is 16.1. The van der Waals surface area contributed by atoms with Crippen molar-refractivity contribution in [2.45, 2.75) is 56.5 Å². The molecule has 0 saturated heterocycles. The molecule has 1 saturated carbocycles. The van der Waals surface area contributed by atoms with Crippen molar-refractivity contribution in [3.63, 3.8) is 0 Å². The van der Waals surface area contributed by atoms with E-state index in [1.807, 2.05) is 6.07 Å². The van der Waals surface area contributed by atoms with Crippen LogP contribution in [0.3, 0.4) is 0 Å². The summed E-state index contributed by atoms with van der Waals surface area (Å²) in [6.45, 7) is 0. The van der Waals surface area contributed by atoms with E-state index in [1.165, 1.54) is 11.1 Å². The van der Waals surface area contributed by atoms with Gasteiger partial charge in [-0.3, -0.25) is 4.79 Å². The summed E-state index contributed by atoms with van der Waals surface area (Å²) in [4.78, 5) is 12.4. The number of fused-ring (bicyclic) bond motifs is 1. The molecule has 1 fully saturated rings. The Morgan fingerprint density at radius 1 is 1.11 bits per heavy atom. The van der Waals surface area contributed by atoms with Crippen LogP contribution in [0.2, 0.25) is 0 Å². The standard InChI is InChI=1S/C16H22N2O/c17-12-6-8-13(9-7-12)18-16(19)15-10-5-11-3-1-2-4-14(11)15/h1-4,12-13,15H,5-10,17H2,(H,18,19). The second-order valence-corrected chi connectivity index (χ2v) is 5.91. The Labute approximate surface area is 114 Å². The monoisotopic (exact) mass is 258 g/mol. The quantitative estimate of drug-likeness (QED) is 0.853. The van der Waals surface area contributed by atoms with Crippen molar-refractivity contribution in [1.29, 1.82) is 0 Å². The molecule has 3 rings (SSSR count). The highest BCUT2D eigenvalue weighted by Gasteiger charge is 2.30. The molecule has 1 amide bonds. The van der Waals surface area contributed by atoms with Crippen LogP contribution < -0.4 is 11.1 Å². The van der Waals surface area contributed by atoms with Gasteiger partial charge in [-0.25, -0.2) is 0 Å². The average molecular weight is 258 g/mol. The average Bonchev–Trinajstić information content (AvgIpc) is 2.85.